The monoisotopic (exact) mass is 515 g/mol. The smallest absolute Gasteiger partial charge is 0.344 e. The van der Waals surface area contributed by atoms with Gasteiger partial charge in [0.1, 0.15) is 18.1 Å². The first-order valence-corrected chi connectivity index (χ1v) is 12.2. The van der Waals surface area contributed by atoms with Gasteiger partial charge < -0.3 is 18.3 Å². The SMILES string of the molecule is COc1cccc2cc(-c3cc(=O)oc4c5c(ccc34)OCN(CCc3ccc(Cl)cc3)C5)c(=O)oc12. The van der Waals surface area contributed by atoms with Gasteiger partial charge in [0.05, 0.1) is 18.2 Å². The van der Waals surface area contributed by atoms with Crippen molar-refractivity contribution in [1.82, 2.24) is 4.90 Å². The van der Waals surface area contributed by atoms with Gasteiger partial charge in [-0.2, -0.15) is 0 Å². The Hall–Kier alpha value is -4.07. The topological polar surface area (TPSA) is 82.1 Å². The van der Waals surface area contributed by atoms with Gasteiger partial charge in [0.2, 0.25) is 0 Å². The van der Waals surface area contributed by atoms with Crippen molar-refractivity contribution in [2.45, 2.75) is 13.0 Å². The standard InChI is InChI=1S/C29H22ClNO6/c1-34-25-4-2-3-18-13-22(29(33)37-27(18)25)21-14-26(32)36-28-20(21)9-10-24-23(28)15-31(16-35-24)12-11-17-5-7-19(30)8-6-17/h2-10,13-14H,11-12,15-16H2,1H3. The zero-order chi connectivity index (χ0) is 25.5. The first kappa shape index (κ1) is 23.3. The summed E-state index contributed by atoms with van der Waals surface area (Å²) < 4.78 is 22.6. The number of ether oxygens (including phenoxy) is 2. The summed E-state index contributed by atoms with van der Waals surface area (Å²) in [4.78, 5) is 27.9. The summed E-state index contributed by atoms with van der Waals surface area (Å²) in [5.74, 6) is 1.12. The third kappa shape index (κ3) is 4.37. The van der Waals surface area contributed by atoms with Crippen molar-refractivity contribution in [3.63, 3.8) is 0 Å². The Labute approximate surface area is 216 Å². The van der Waals surface area contributed by atoms with Crippen molar-refractivity contribution in [3.8, 4) is 22.6 Å². The van der Waals surface area contributed by atoms with Crippen LogP contribution in [0.3, 0.4) is 0 Å². The Morgan fingerprint density at radius 3 is 2.59 bits per heavy atom. The van der Waals surface area contributed by atoms with Crippen LogP contribution in [0.4, 0.5) is 0 Å². The number of benzene rings is 3. The minimum absolute atomic E-state index is 0.273. The molecule has 2 aromatic heterocycles. The molecule has 0 saturated carbocycles. The fourth-order valence-corrected chi connectivity index (χ4v) is 4.88. The van der Waals surface area contributed by atoms with E-state index in [1.54, 1.807) is 12.1 Å². The lowest BCUT2D eigenvalue weighted by molar-refractivity contribution is 0.0968. The summed E-state index contributed by atoms with van der Waals surface area (Å²) in [7, 11) is 1.52. The molecule has 0 bridgehead atoms. The van der Waals surface area contributed by atoms with Crippen LogP contribution in [0.1, 0.15) is 11.1 Å². The van der Waals surface area contributed by atoms with Crippen molar-refractivity contribution in [1.29, 1.82) is 0 Å². The molecule has 0 aliphatic carbocycles. The van der Waals surface area contributed by atoms with E-state index in [-0.39, 0.29) is 5.56 Å². The maximum Gasteiger partial charge on any atom is 0.344 e. The number of halogens is 1. The molecule has 1 aliphatic heterocycles. The van der Waals surface area contributed by atoms with Gasteiger partial charge in [-0.25, -0.2) is 9.59 Å². The van der Waals surface area contributed by atoms with E-state index < -0.39 is 11.3 Å². The van der Waals surface area contributed by atoms with E-state index in [2.05, 4.69) is 4.90 Å². The lowest BCUT2D eigenvalue weighted by Gasteiger charge is -2.29. The van der Waals surface area contributed by atoms with E-state index in [1.807, 2.05) is 48.5 Å². The van der Waals surface area contributed by atoms with Gasteiger partial charge in [-0.1, -0.05) is 35.9 Å². The molecule has 0 amide bonds. The maximum atomic E-state index is 13.0. The summed E-state index contributed by atoms with van der Waals surface area (Å²) in [5.41, 5.74) is 2.30. The third-order valence-electron chi connectivity index (χ3n) is 6.62. The van der Waals surface area contributed by atoms with E-state index in [0.29, 0.717) is 57.3 Å². The summed E-state index contributed by atoms with van der Waals surface area (Å²) in [6, 6.07) is 19.8. The van der Waals surface area contributed by atoms with Gasteiger partial charge in [-0.05, 0) is 48.4 Å². The Kier molecular flexibility index (Phi) is 5.94. The largest absolute Gasteiger partial charge is 0.493 e. The summed E-state index contributed by atoms with van der Waals surface area (Å²) in [6.07, 6.45) is 0.817. The molecular formula is C29H22ClNO6. The highest BCUT2D eigenvalue weighted by Crippen LogP contribution is 2.36. The van der Waals surface area contributed by atoms with Crippen molar-refractivity contribution in [3.05, 3.63) is 104 Å². The Balaban J connectivity index is 1.40. The molecule has 37 heavy (non-hydrogen) atoms. The van der Waals surface area contributed by atoms with Crippen molar-refractivity contribution < 1.29 is 18.3 Å². The highest BCUT2D eigenvalue weighted by molar-refractivity contribution is 6.30. The van der Waals surface area contributed by atoms with Crippen LogP contribution in [0.5, 0.6) is 11.5 Å². The molecule has 0 radical (unpaired) electrons. The lowest BCUT2D eigenvalue weighted by Crippen LogP contribution is -2.33. The molecule has 0 atom stereocenters. The minimum atomic E-state index is -0.567. The average molecular weight is 516 g/mol. The summed E-state index contributed by atoms with van der Waals surface area (Å²) in [6.45, 7) is 1.71. The van der Waals surface area contributed by atoms with Crippen LogP contribution in [0.25, 0.3) is 33.1 Å². The molecule has 0 saturated heterocycles. The average Bonchev–Trinajstić information content (AvgIpc) is 2.91. The van der Waals surface area contributed by atoms with Gasteiger partial charge in [-0.3, -0.25) is 4.90 Å². The molecule has 0 fully saturated rings. The predicted molar refractivity (Wildman–Crippen MR) is 142 cm³/mol. The van der Waals surface area contributed by atoms with E-state index in [9.17, 15) is 9.59 Å². The number of hydrogen-bond acceptors (Lipinski definition) is 7. The minimum Gasteiger partial charge on any atom is -0.493 e. The van der Waals surface area contributed by atoms with Gasteiger partial charge in [-0.15, -0.1) is 0 Å². The van der Waals surface area contributed by atoms with Gasteiger partial charge in [0.15, 0.2) is 11.3 Å². The van der Waals surface area contributed by atoms with Crippen LogP contribution in [-0.2, 0) is 13.0 Å². The molecule has 3 heterocycles. The molecule has 5 aromatic rings. The lowest BCUT2D eigenvalue weighted by atomic mass is 9.99. The van der Waals surface area contributed by atoms with Gasteiger partial charge >= 0.3 is 11.3 Å². The van der Waals surface area contributed by atoms with Crippen LogP contribution in [0.2, 0.25) is 5.02 Å². The van der Waals surface area contributed by atoms with Gasteiger partial charge in [0.25, 0.3) is 0 Å². The highest BCUT2D eigenvalue weighted by atomic mass is 35.5. The zero-order valence-corrected chi connectivity index (χ0v) is 20.7. The number of methoxy groups -OCH3 is 1. The molecule has 7 nitrogen and oxygen atoms in total. The van der Waals surface area contributed by atoms with E-state index >= 15 is 0 Å². The quantitative estimate of drug-likeness (QED) is 0.281. The van der Waals surface area contributed by atoms with Gasteiger partial charge in [0, 0.05) is 40.5 Å². The fraction of sp³-hybridized carbons (Fsp3) is 0.172. The second-order valence-corrected chi connectivity index (χ2v) is 9.36. The number of hydrogen-bond donors (Lipinski definition) is 0. The number of nitrogens with zero attached hydrogens (tertiary/aromatic N) is 1. The molecular weight excluding hydrogens is 494 g/mol. The first-order valence-electron chi connectivity index (χ1n) is 11.8. The van der Waals surface area contributed by atoms with Crippen molar-refractivity contribution in [2.24, 2.45) is 0 Å². The molecule has 6 rings (SSSR count). The number of fused-ring (bicyclic) bond motifs is 4. The van der Waals surface area contributed by atoms with E-state index in [4.69, 9.17) is 29.9 Å². The summed E-state index contributed by atoms with van der Waals surface area (Å²) >= 11 is 6.00. The van der Waals surface area contributed by atoms with Crippen LogP contribution in [0, 0.1) is 0 Å². The van der Waals surface area contributed by atoms with Crippen LogP contribution in [-0.4, -0.2) is 25.3 Å². The van der Waals surface area contributed by atoms with Crippen LogP contribution >= 0.6 is 11.6 Å². The maximum absolute atomic E-state index is 13.0. The Morgan fingerprint density at radius 1 is 0.946 bits per heavy atom. The van der Waals surface area contributed by atoms with Crippen LogP contribution < -0.4 is 20.7 Å². The second kappa shape index (κ2) is 9.42. The fourth-order valence-electron chi connectivity index (χ4n) is 4.75. The summed E-state index contributed by atoms with van der Waals surface area (Å²) in [5, 5.41) is 2.02. The van der Waals surface area contributed by atoms with E-state index in [1.165, 1.54) is 18.7 Å². The Morgan fingerprint density at radius 2 is 1.78 bits per heavy atom. The molecule has 0 spiro atoms. The number of rotatable bonds is 5. The predicted octanol–water partition coefficient (Wildman–Crippen LogP) is 5.62. The molecule has 186 valence electrons. The molecule has 0 N–H and O–H groups in total. The second-order valence-electron chi connectivity index (χ2n) is 8.93. The van der Waals surface area contributed by atoms with Crippen LogP contribution in [0.15, 0.2) is 85.2 Å². The number of para-hydroxylation sites is 1. The third-order valence-corrected chi connectivity index (χ3v) is 6.87. The molecule has 3 aromatic carbocycles. The molecule has 0 unspecified atom stereocenters. The van der Waals surface area contributed by atoms with Crippen molar-refractivity contribution in [2.75, 3.05) is 20.4 Å². The highest BCUT2D eigenvalue weighted by Gasteiger charge is 2.24. The normalized spacial score (nSPS) is 13.5. The molecule has 1 aliphatic rings. The first-order chi connectivity index (χ1) is 18.0. The van der Waals surface area contributed by atoms with E-state index in [0.717, 1.165) is 18.5 Å². The molecule has 8 heteroatoms. The van der Waals surface area contributed by atoms with Crippen molar-refractivity contribution >= 4 is 33.5 Å². The zero-order valence-electron chi connectivity index (χ0n) is 20.0. The Bertz CT molecular complexity index is 1760.